The predicted molar refractivity (Wildman–Crippen MR) is 86.7 cm³/mol. The molecule has 2 atom stereocenters. The third kappa shape index (κ3) is 3.66. The standard InChI is InChI=1S/C18H16F2N2O3/c1-22-15(23)10-25-17(16(22)11-5-7-12(19)8-6-11)18(24)21-14-4-2-3-13(20)9-14/h2-9,16-17H,10H2,1H3,(H,21,24)/t16-,17+/m1/s1. The van der Waals surface area contributed by atoms with Gasteiger partial charge in [0.25, 0.3) is 5.91 Å². The second-order valence-electron chi connectivity index (χ2n) is 5.73. The fraction of sp³-hybridized carbons (Fsp3) is 0.222. The number of likely N-dealkylation sites (N-methyl/N-ethyl adjacent to an activating group) is 1. The van der Waals surface area contributed by atoms with Gasteiger partial charge in [0.1, 0.15) is 18.2 Å². The van der Waals surface area contributed by atoms with Crippen molar-refractivity contribution in [3.63, 3.8) is 0 Å². The van der Waals surface area contributed by atoms with Gasteiger partial charge in [0, 0.05) is 12.7 Å². The number of halogens is 2. The maximum Gasteiger partial charge on any atom is 0.256 e. The van der Waals surface area contributed by atoms with Crippen LogP contribution in [0.2, 0.25) is 0 Å². The number of hydrogen-bond donors (Lipinski definition) is 1. The van der Waals surface area contributed by atoms with Crippen LogP contribution in [0.3, 0.4) is 0 Å². The van der Waals surface area contributed by atoms with E-state index in [1.54, 1.807) is 13.1 Å². The van der Waals surface area contributed by atoms with E-state index in [1.165, 1.54) is 47.4 Å². The topological polar surface area (TPSA) is 58.6 Å². The molecular weight excluding hydrogens is 330 g/mol. The minimum Gasteiger partial charge on any atom is -0.356 e. The molecule has 0 bridgehead atoms. The van der Waals surface area contributed by atoms with Crippen LogP contribution in [-0.2, 0) is 14.3 Å². The van der Waals surface area contributed by atoms with Gasteiger partial charge in [0.05, 0.1) is 6.04 Å². The Morgan fingerprint density at radius 1 is 1.16 bits per heavy atom. The number of carbonyl (C=O) groups excluding carboxylic acids is 2. The maximum absolute atomic E-state index is 13.3. The molecule has 0 aromatic heterocycles. The number of nitrogens with zero attached hydrogens (tertiary/aromatic N) is 1. The van der Waals surface area contributed by atoms with Gasteiger partial charge in [-0.1, -0.05) is 18.2 Å². The zero-order chi connectivity index (χ0) is 18.0. The first kappa shape index (κ1) is 17.0. The minimum absolute atomic E-state index is 0.241. The van der Waals surface area contributed by atoms with Crippen LogP contribution >= 0.6 is 0 Å². The SMILES string of the molecule is CN1C(=O)CO[C@H](C(=O)Nc2cccc(F)c2)[C@H]1c1ccc(F)cc1. The van der Waals surface area contributed by atoms with Crippen molar-refractivity contribution in [3.8, 4) is 0 Å². The number of amides is 2. The normalized spacial score (nSPS) is 20.4. The summed E-state index contributed by atoms with van der Waals surface area (Å²) in [4.78, 5) is 26.0. The molecule has 3 rings (SSSR count). The summed E-state index contributed by atoms with van der Waals surface area (Å²) in [6, 6.07) is 10.3. The highest BCUT2D eigenvalue weighted by Gasteiger charge is 2.40. The third-order valence-corrected chi connectivity index (χ3v) is 4.05. The average Bonchev–Trinajstić information content (AvgIpc) is 2.58. The van der Waals surface area contributed by atoms with Crippen LogP contribution in [0.5, 0.6) is 0 Å². The minimum atomic E-state index is -1.00. The van der Waals surface area contributed by atoms with Gasteiger partial charge in [-0.15, -0.1) is 0 Å². The van der Waals surface area contributed by atoms with E-state index in [9.17, 15) is 18.4 Å². The second kappa shape index (κ2) is 6.98. The number of nitrogens with one attached hydrogen (secondary N) is 1. The van der Waals surface area contributed by atoms with Crippen molar-refractivity contribution in [2.24, 2.45) is 0 Å². The van der Waals surface area contributed by atoms with Gasteiger partial charge in [-0.05, 0) is 35.9 Å². The van der Waals surface area contributed by atoms with E-state index in [1.807, 2.05) is 0 Å². The summed E-state index contributed by atoms with van der Waals surface area (Å²) in [6.07, 6.45) is -1.00. The molecule has 0 spiro atoms. The van der Waals surface area contributed by atoms with Gasteiger partial charge in [-0.2, -0.15) is 0 Å². The number of rotatable bonds is 3. The molecule has 5 nitrogen and oxygen atoms in total. The van der Waals surface area contributed by atoms with Crippen LogP contribution in [0, 0.1) is 11.6 Å². The fourth-order valence-corrected chi connectivity index (χ4v) is 2.77. The second-order valence-corrected chi connectivity index (χ2v) is 5.73. The molecule has 1 saturated heterocycles. The Balaban J connectivity index is 1.87. The zero-order valence-corrected chi connectivity index (χ0v) is 13.4. The van der Waals surface area contributed by atoms with Crippen LogP contribution in [0.15, 0.2) is 48.5 Å². The quantitative estimate of drug-likeness (QED) is 0.929. The van der Waals surface area contributed by atoms with Gasteiger partial charge in [0.2, 0.25) is 5.91 Å². The Hall–Kier alpha value is -2.80. The molecule has 0 radical (unpaired) electrons. The van der Waals surface area contributed by atoms with Crippen LogP contribution < -0.4 is 5.32 Å². The predicted octanol–water partition coefficient (Wildman–Crippen LogP) is 2.50. The molecule has 1 heterocycles. The molecular formula is C18H16F2N2O3. The monoisotopic (exact) mass is 346 g/mol. The van der Waals surface area contributed by atoms with Crippen molar-refractivity contribution >= 4 is 17.5 Å². The molecule has 1 aliphatic rings. The lowest BCUT2D eigenvalue weighted by Gasteiger charge is -2.38. The first-order valence-corrected chi connectivity index (χ1v) is 7.65. The summed E-state index contributed by atoms with van der Waals surface area (Å²) < 4.78 is 31.9. The molecule has 2 aromatic carbocycles. The number of hydrogen-bond acceptors (Lipinski definition) is 3. The van der Waals surface area contributed by atoms with Gasteiger partial charge in [-0.25, -0.2) is 8.78 Å². The van der Waals surface area contributed by atoms with Crippen molar-refractivity contribution in [2.75, 3.05) is 19.0 Å². The summed E-state index contributed by atoms with van der Waals surface area (Å²) in [5.41, 5.74) is 0.849. The Morgan fingerprint density at radius 3 is 2.56 bits per heavy atom. The number of carbonyl (C=O) groups is 2. The van der Waals surface area contributed by atoms with Gasteiger partial charge in [0.15, 0.2) is 6.10 Å². The van der Waals surface area contributed by atoms with E-state index in [-0.39, 0.29) is 18.2 Å². The smallest absolute Gasteiger partial charge is 0.256 e. The van der Waals surface area contributed by atoms with E-state index in [2.05, 4.69) is 5.32 Å². The van der Waals surface area contributed by atoms with E-state index in [0.717, 1.165) is 0 Å². The third-order valence-electron chi connectivity index (χ3n) is 4.05. The van der Waals surface area contributed by atoms with Crippen LogP contribution in [-0.4, -0.2) is 36.5 Å². The molecule has 0 aliphatic carbocycles. The Kier molecular flexibility index (Phi) is 4.76. The summed E-state index contributed by atoms with van der Waals surface area (Å²) in [6.45, 7) is -0.241. The molecule has 7 heteroatoms. The fourth-order valence-electron chi connectivity index (χ4n) is 2.77. The van der Waals surface area contributed by atoms with E-state index in [4.69, 9.17) is 4.74 Å². The number of morpholine rings is 1. The summed E-state index contributed by atoms with van der Waals surface area (Å²) >= 11 is 0. The highest BCUT2D eigenvalue weighted by atomic mass is 19.1. The Labute approximate surface area is 143 Å². The molecule has 1 N–H and O–H groups in total. The van der Waals surface area contributed by atoms with E-state index < -0.39 is 29.7 Å². The molecule has 130 valence electrons. The van der Waals surface area contributed by atoms with E-state index >= 15 is 0 Å². The van der Waals surface area contributed by atoms with Gasteiger partial charge < -0.3 is 15.0 Å². The molecule has 0 saturated carbocycles. The lowest BCUT2D eigenvalue weighted by atomic mass is 9.97. The summed E-state index contributed by atoms with van der Waals surface area (Å²) in [5.74, 6) is -1.71. The zero-order valence-electron chi connectivity index (χ0n) is 13.4. The summed E-state index contributed by atoms with van der Waals surface area (Å²) in [7, 11) is 1.56. The Bertz CT molecular complexity index is 795. The molecule has 0 unspecified atom stereocenters. The number of benzene rings is 2. The average molecular weight is 346 g/mol. The lowest BCUT2D eigenvalue weighted by Crippen LogP contribution is -2.51. The van der Waals surface area contributed by atoms with Crippen LogP contribution in [0.4, 0.5) is 14.5 Å². The van der Waals surface area contributed by atoms with Gasteiger partial charge >= 0.3 is 0 Å². The first-order chi connectivity index (χ1) is 12.0. The number of ether oxygens (including phenoxy) is 1. The Morgan fingerprint density at radius 2 is 1.88 bits per heavy atom. The van der Waals surface area contributed by atoms with Crippen molar-refractivity contribution in [1.29, 1.82) is 0 Å². The van der Waals surface area contributed by atoms with Crippen molar-refractivity contribution < 1.29 is 23.1 Å². The molecule has 2 aromatic rings. The maximum atomic E-state index is 13.3. The van der Waals surface area contributed by atoms with Crippen molar-refractivity contribution in [2.45, 2.75) is 12.1 Å². The van der Waals surface area contributed by atoms with E-state index in [0.29, 0.717) is 5.56 Å². The largest absolute Gasteiger partial charge is 0.356 e. The molecule has 1 aliphatic heterocycles. The molecule has 25 heavy (non-hydrogen) atoms. The van der Waals surface area contributed by atoms with Crippen molar-refractivity contribution in [3.05, 3.63) is 65.7 Å². The first-order valence-electron chi connectivity index (χ1n) is 7.65. The highest BCUT2D eigenvalue weighted by molar-refractivity contribution is 5.96. The molecule has 1 fully saturated rings. The number of anilines is 1. The molecule has 2 amide bonds. The lowest BCUT2D eigenvalue weighted by molar-refractivity contribution is -0.160. The van der Waals surface area contributed by atoms with Crippen molar-refractivity contribution in [1.82, 2.24) is 4.90 Å². The van der Waals surface area contributed by atoms with Gasteiger partial charge in [-0.3, -0.25) is 9.59 Å². The van der Waals surface area contributed by atoms with Crippen LogP contribution in [0.25, 0.3) is 0 Å². The van der Waals surface area contributed by atoms with Crippen LogP contribution in [0.1, 0.15) is 11.6 Å². The summed E-state index contributed by atoms with van der Waals surface area (Å²) in [5, 5.41) is 2.58. The highest BCUT2D eigenvalue weighted by Crippen LogP contribution is 2.30.